The van der Waals surface area contributed by atoms with Crippen LogP contribution in [-0.2, 0) is 48.8 Å². The molecule has 33 nitrogen and oxygen atoms in total. The van der Waals surface area contributed by atoms with Crippen LogP contribution in [0.5, 0.6) is 17.2 Å². The summed E-state index contributed by atoms with van der Waals surface area (Å²) in [4.78, 5) is 105. The molecular weight excluding hydrogens is 1600 g/mol. The average Bonchev–Trinajstić information content (AvgIpc) is 1.59. The molecule has 6 aromatic carbocycles. The SMILES string of the molecule is COc1ccc(-n2nc(S(C)(=O)=O)c3c2C(=O)N(c2ccc(N(C)C)cc2)CC3)c(C(=O)Nc2ccccn2)c1.COc1ccc(-n2nc(S(C)(=O)=O)c3c2C(=O)N(c2ccc(N(C)C)cc2)CC3)c(C(=O)Nc2cccnc2)c1.COc1ccc(-n2nc(S(C)(=O)=O)c3c2C(=O)N(c2ccc(N(C)C)cc2)CC3)c(C(=O)Nc2ccncc2)c1. The van der Waals surface area contributed by atoms with E-state index in [0.29, 0.717) is 68.2 Å². The molecule has 15 rings (SSSR count). The lowest BCUT2D eigenvalue weighted by Crippen LogP contribution is -2.39. The van der Waals surface area contributed by atoms with E-state index in [2.05, 4.69) is 46.2 Å². The van der Waals surface area contributed by atoms with Crippen molar-refractivity contribution in [3.05, 3.63) is 251 Å². The molecule has 0 spiro atoms. The summed E-state index contributed by atoms with van der Waals surface area (Å²) in [5.74, 6) is -1.27. The molecule has 0 fully saturated rings. The fourth-order valence-corrected chi connectivity index (χ4v) is 16.5. The molecule has 0 aliphatic carbocycles. The Morgan fingerprint density at radius 2 is 0.725 bits per heavy atom. The van der Waals surface area contributed by atoms with Crippen molar-refractivity contribution in [2.45, 2.75) is 34.3 Å². The number of sulfone groups is 3. The van der Waals surface area contributed by atoms with Crippen LogP contribution in [-0.4, -0.2) is 207 Å². The van der Waals surface area contributed by atoms with Crippen LogP contribution in [0.25, 0.3) is 17.1 Å². The monoisotopic (exact) mass is 1680 g/mol. The minimum atomic E-state index is -3.79. The van der Waals surface area contributed by atoms with Crippen molar-refractivity contribution in [1.29, 1.82) is 0 Å². The summed E-state index contributed by atoms with van der Waals surface area (Å²) >= 11 is 0. The van der Waals surface area contributed by atoms with Crippen molar-refractivity contribution < 1.29 is 68.2 Å². The summed E-state index contributed by atoms with van der Waals surface area (Å²) < 4.78 is 96.3. The number of methoxy groups -OCH3 is 3. The second kappa shape index (κ2) is 34.6. The van der Waals surface area contributed by atoms with Crippen molar-refractivity contribution in [2.75, 3.05) is 147 Å². The maximum atomic E-state index is 14.0. The highest BCUT2D eigenvalue weighted by Crippen LogP contribution is 2.39. The van der Waals surface area contributed by atoms with Gasteiger partial charge in [0.2, 0.25) is 0 Å². The Morgan fingerprint density at radius 1 is 0.383 bits per heavy atom. The molecule has 618 valence electrons. The van der Waals surface area contributed by atoms with Gasteiger partial charge in [-0.25, -0.2) is 44.3 Å². The smallest absolute Gasteiger partial charge is 0.277 e. The van der Waals surface area contributed by atoms with Gasteiger partial charge in [0, 0.05) is 162 Å². The average molecular weight is 1680 g/mol. The first-order chi connectivity index (χ1) is 57.2. The van der Waals surface area contributed by atoms with E-state index < -0.39 is 65.0 Å². The molecule has 3 N–H and O–H groups in total. The first kappa shape index (κ1) is 83.8. The van der Waals surface area contributed by atoms with Gasteiger partial charge in [-0.05, 0) is 183 Å². The van der Waals surface area contributed by atoms with E-state index in [4.69, 9.17) is 14.2 Å². The zero-order chi connectivity index (χ0) is 85.8. The van der Waals surface area contributed by atoms with E-state index in [1.54, 1.807) is 118 Å². The number of pyridine rings is 3. The summed E-state index contributed by atoms with van der Waals surface area (Å²) in [6, 6.07) is 48.4. The van der Waals surface area contributed by atoms with Crippen molar-refractivity contribution in [3.63, 3.8) is 0 Å². The molecule has 0 unspecified atom stereocenters. The molecule has 0 radical (unpaired) electrons. The molecule has 0 saturated carbocycles. The lowest BCUT2D eigenvalue weighted by atomic mass is 10.0. The van der Waals surface area contributed by atoms with Gasteiger partial charge >= 0.3 is 0 Å². The van der Waals surface area contributed by atoms with E-state index >= 15 is 0 Å². The molecule has 6 aromatic heterocycles. The van der Waals surface area contributed by atoms with Crippen LogP contribution in [0.1, 0.15) is 79.2 Å². The minimum absolute atomic E-state index is 0.0837. The van der Waals surface area contributed by atoms with Crippen molar-refractivity contribution in [2.24, 2.45) is 0 Å². The molecule has 36 heteroatoms. The van der Waals surface area contributed by atoms with E-state index in [1.165, 1.54) is 59.8 Å². The summed E-state index contributed by atoms with van der Waals surface area (Å²) in [5.41, 5.74) is 8.19. The van der Waals surface area contributed by atoms with Gasteiger partial charge in [0.15, 0.2) is 44.6 Å². The standard InChI is InChI=1S/3C28H28N6O5S/c1-32(2)19-5-7-20(8-6-19)33-16-13-22-25(28(33)36)34(31-27(22)40(4,37)38)24-10-9-21(39-3)17-23(24)26(35)30-18-11-14-29-15-12-18;1-32(2)19-7-9-20(10-8-19)33-15-13-22-25(28(33)36)34(31-27(22)40(4,37)38)24-12-11-21(39-3)16-23(24)26(35)30-18-6-5-14-29-17-18;1-32(2)18-8-10-19(11-9-18)33-16-14-21-25(28(33)36)34(31-27(21)40(4,37)38)23-13-12-20(39-3)17-22(23)26(35)30-24-7-5-6-15-29-24/h5-12,14-15,17H,13,16H2,1-4H3,(H,29,30,35);5-12,14,16-17H,13,15H2,1-4H3,(H,30,35);5-13,15,17H,14,16H2,1-4H3,(H,29,30,35). The van der Waals surface area contributed by atoms with Crippen molar-refractivity contribution in [3.8, 4) is 34.3 Å². The number of nitrogens with zero attached hydrogens (tertiary/aromatic N) is 15. The Bertz CT molecular complexity index is 5700. The second-order valence-corrected chi connectivity index (χ2v) is 34.3. The minimum Gasteiger partial charge on any atom is -0.497 e. The number of carbonyl (C=O) groups excluding carboxylic acids is 6. The summed E-state index contributed by atoms with van der Waals surface area (Å²) in [5, 5.41) is 20.9. The molecule has 0 bridgehead atoms. The Morgan fingerprint density at radius 3 is 1.02 bits per heavy atom. The number of hydrogen-bond acceptors (Lipinski definition) is 24. The molecule has 6 amide bonds. The predicted octanol–water partition coefficient (Wildman–Crippen LogP) is 9.60. The predicted molar refractivity (Wildman–Crippen MR) is 455 cm³/mol. The Labute approximate surface area is 692 Å². The molecule has 0 saturated heterocycles. The van der Waals surface area contributed by atoms with Crippen LogP contribution in [0, 0.1) is 0 Å². The third kappa shape index (κ3) is 17.6. The Balaban J connectivity index is 0.000000156. The topological polar surface area (TPSA) is 380 Å². The number of hydrogen-bond donors (Lipinski definition) is 3. The van der Waals surface area contributed by atoms with Gasteiger partial charge in [-0.3, -0.25) is 38.7 Å². The van der Waals surface area contributed by atoms with E-state index in [9.17, 15) is 54.0 Å². The highest BCUT2D eigenvalue weighted by Gasteiger charge is 2.41. The van der Waals surface area contributed by atoms with E-state index in [0.717, 1.165) is 35.8 Å². The molecule has 0 atom stereocenters. The summed E-state index contributed by atoms with van der Waals surface area (Å²) in [6.07, 6.45) is 11.7. The van der Waals surface area contributed by atoms with Crippen molar-refractivity contribution >= 4 is 116 Å². The van der Waals surface area contributed by atoms with Gasteiger partial charge in [-0.1, -0.05) is 6.07 Å². The fourth-order valence-electron chi connectivity index (χ4n) is 13.8. The molecule has 3 aliphatic heterocycles. The number of amides is 6. The maximum Gasteiger partial charge on any atom is 0.277 e. The largest absolute Gasteiger partial charge is 0.497 e. The highest BCUT2D eigenvalue weighted by atomic mass is 32.2. The normalized spacial score (nSPS) is 13.1. The maximum absolute atomic E-state index is 14.0. The van der Waals surface area contributed by atoms with Gasteiger partial charge in [0.05, 0.1) is 67.0 Å². The van der Waals surface area contributed by atoms with Gasteiger partial charge in [-0.15, -0.1) is 0 Å². The van der Waals surface area contributed by atoms with Crippen LogP contribution in [0.3, 0.4) is 0 Å². The zero-order valence-electron chi connectivity index (χ0n) is 67.4. The molecule has 9 heterocycles. The van der Waals surface area contributed by atoms with Gasteiger partial charge in [-0.2, -0.15) is 15.3 Å². The number of rotatable bonds is 21. The lowest BCUT2D eigenvalue weighted by Gasteiger charge is -2.28. The van der Waals surface area contributed by atoms with Crippen molar-refractivity contribution in [1.82, 2.24) is 44.3 Å². The van der Waals surface area contributed by atoms with E-state index in [1.807, 2.05) is 130 Å². The van der Waals surface area contributed by atoms with Crippen LogP contribution >= 0.6 is 0 Å². The molecule has 12 aromatic rings. The third-order valence-electron chi connectivity index (χ3n) is 19.8. The zero-order valence-corrected chi connectivity index (χ0v) is 69.8. The molecule has 120 heavy (non-hydrogen) atoms. The quantitative estimate of drug-likeness (QED) is 0.0602. The number of carbonyl (C=O) groups is 6. The second-order valence-electron chi connectivity index (χ2n) is 28.5. The number of anilines is 9. The first-order valence-electron chi connectivity index (χ1n) is 37.2. The highest BCUT2D eigenvalue weighted by molar-refractivity contribution is 7.91. The van der Waals surface area contributed by atoms with Crippen LogP contribution in [0.15, 0.2) is 216 Å². The molecular formula is C84H84N18O15S3. The first-order valence-corrected chi connectivity index (χ1v) is 42.9. The summed E-state index contributed by atoms with van der Waals surface area (Å²) in [7, 11) is 4.60. The Kier molecular flexibility index (Phi) is 24.2. The number of aromatic nitrogens is 9. The van der Waals surface area contributed by atoms with Gasteiger partial charge < -0.3 is 59.6 Å². The summed E-state index contributed by atoms with van der Waals surface area (Å²) in [6.45, 7) is 0.828. The third-order valence-corrected chi connectivity index (χ3v) is 22.9. The Hall–Kier alpha value is -14.1. The van der Waals surface area contributed by atoms with Gasteiger partial charge in [0.1, 0.15) is 40.1 Å². The number of ether oxygens (including phenoxy) is 3. The number of fused-ring (bicyclic) bond motifs is 3. The van der Waals surface area contributed by atoms with Crippen LogP contribution < -0.4 is 59.6 Å². The van der Waals surface area contributed by atoms with Gasteiger partial charge in [0.25, 0.3) is 35.4 Å². The number of benzene rings is 6. The van der Waals surface area contributed by atoms with Crippen LogP contribution in [0.4, 0.5) is 51.3 Å². The fraction of sp³-hybridized carbons (Fsp3) is 0.214. The lowest BCUT2D eigenvalue weighted by molar-refractivity contribution is 0.0964. The van der Waals surface area contributed by atoms with Crippen LogP contribution in [0.2, 0.25) is 0 Å². The molecule has 3 aliphatic rings. The van der Waals surface area contributed by atoms with E-state index in [-0.39, 0.29) is 105 Å². The number of nitrogens with one attached hydrogen (secondary N) is 3.